The van der Waals surface area contributed by atoms with E-state index in [2.05, 4.69) is 17.2 Å². The number of hydrogen-bond acceptors (Lipinski definition) is 1. The van der Waals surface area contributed by atoms with E-state index in [-0.39, 0.29) is 6.54 Å². The molecule has 12 heavy (non-hydrogen) atoms. The fourth-order valence-corrected chi connectivity index (χ4v) is 0.631. The van der Waals surface area contributed by atoms with Crippen LogP contribution in [0.4, 0.5) is 13.2 Å². The van der Waals surface area contributed by atoms with E-state index in [1.807, 2.05) is 0 Å². The molecule has 0 aliphatic rings. The Morgan fingerprint density at radius 3 is 2.42 bits per heavy atom. The number of alkyl halides is 3. The summed E-state index contributed by atoms with van der Waals surface area (Å²) >= 11 is 0. The molecule has 0 saturated heterocycles. The van der Waals surface area contributed by atoms with Crippen LogP contribution in [0.5, 0.6) is 0 Å². The van der Waals surface area contributed by atoms with Crippen LogP contribution in [-0.4, -0.2) is 19.3 Å². The minimum atomic E-state index is -4.05. The van der Waals surface area contributed by atoms with E-state index in [0.717, 1.165) is 0 Å². The van der Waals surface area contributed by atoms with Crippen molar-refractivity contribution in [3.05, 3.63) is 0 Å². The van der Waals surface area contributed by atoms with Crippen LogP contribution in [0.3, 0.4) is 0 Å². The average molecular weight is 179 g/mol. The van der Waals surface area contributed by atoms with Gasteiger partial charge in [-0.1, -0.05) is 0 Å². The van der Waals surface area contributed by atoms with Gasteiger partial charge in [-0.05, 0) is 6.92 Å². The van der Waals surface area contributed by atoms with Crippen LogP contribution in [0, 0.1) is 11.8 Å². The van der Waals surface area contributed by atoms with Crippen molar-refractivity contribution in [2.75, 3.05) is 13.1 Å². The third-order valence-corrected chi connectivity index (χ3v) is 1.19. The average Bonchev–Trinajstić information content (AvgIpc) is 1.94. The summed E-state index contributed by atoms with van der Waals surface area (Å²) in [6.45, 7) is 2.21. The molecule has 0 radical (unpaired) electrons. The van der Waals surface area contributed by atoms with Crippen molar-refractivity contribution in [3.8, 4) is 11.8 Å². The molecule has 0 atom stereocenters. The largest absolute Gasteiger partial charge is 0.390 e. The third-order valence-electron chi connectivity index (χ3n) is 1.19. The van der Waals surface area contributed by atoms with Crippen molar-refractivity contribution in [2.45, 2.75) is 25.9 Å². The molecular weight excluding hydrogens is 167 g/mol. The molecule has 0 spiro atoms. The number of rotatable bonds is 4. The molecule has 0 aliphatic heterocycles. The van der Waals surface area contributed by atoms with Gasteiger partial charge in [-0.15, -0.1) is 11.8 Å². The van der Waals surface area contributed by atoms with Gasteiger partial charge in [0.1, 0.15) is 0 Å². The second kappa shape index (κ2) is 5.90. The molecule has 0 bridgehead atoms. The molecule has 0 aromatic carbocycles. The Bertz CT molecular complexity index is 163. The number of nitrogens with one attached hydrogen (secondary N) is 1. The zero-order valence-corrected chi connectivity index (χ0v) is 6.96. The van der Waals surface area contributed by atoms with Gasteiger partial charge in [-0.2, -0.15) is 13.2 Å². The summed E-state index contributed by atoms with van der Waals surface area (Å²) in [5, 5.41) is 2.65. The molecule has 4 heteroatoms. The normalized spacial score (nSPS) is 10.7. The molecule has 0 amide bonds. The van der Waals surface area contributed by atoms with Crippen LogP contribution in [0.15, 0.2) is 0 Å². The minimum absolute atomic E-state index is 0.0190. The number of hydrogen-bond donors (Lipinski definition) is 1. The topological polar surface area (TPSA) is 12.0 Å². The SMILES string of the molecule is CC#CCCNCCC(F)(F)F. The molecule has 0 saturated carbocycles. The fourth-order valence-electron chi connectivity index (χ4n) is 0.631. The Labute approximate surface area is 70.3 Å². The van der Waals surface area contributed by atoms with Crippen LogP contribution >= 0.6 is 0 Å². The predicted octanol–water partition coefficient (Wildman–Crippen LogP) is 1.94. The van der Waals surface area contributed by atoms with Crippen molar-refractivity contribution in [1.82, 2.24) is 5.32 Å². The first-order valence-corrected chi connectivity index (χ1v) is 3.73. The maximum Gasteiger partial charge on any atom is 0.390 e. The van der Waals surface area contributed by atoms with E-state index in [1.54, 1.807) is 6.92 Å². The Morgan fingerprint density at radius 2 is 1.92 bits per heavy atom. The summed E-state index contributed by atoms with van der Waals surface area (Å²) in [5.74, 6) is 5.41. The van der Waals surface area contributed by atoms with Gasteiger partial charge in [0.25, 0.3) is 0 Å². The zero-order valence-electron chi connectivity index (χ0n) is 6.96. The maximum atomic E-state index is 11.6. The quantitative estimate of drug-likeness (QED) is 0.513. The molecule has 0 aromatic heterocycles. The van der Waals surface area contributed by atoms with E-state index in [0.29, 0.717) is 13.0 Å². The first-order valence-electron chi connectivity index (χ1n) is 3.73. The van der Waals surface area contributed by atoms with Crippen LogP contribution in [0.2, 0.25) is 0 Å². The molecule has 1 N–H and O–H groups in total. The van der Waals surface area contributed by atoms with Crippen molar-refractivity contribution >= 4 is 0 Å². The Hall–Kier alpha value is -0.690. The van der Waals surface area contributed by atoms with E-state index in [9.17, 15) is 13.2 Å². The third kappa shape index (κ3) is 9.31. The molecular formula is C8H12F3N. The van der Waals surface area contributed by atoms with E-state index >= 15 is 0 Å². The molecule has 1 nitrogen and oxygen atoms in total. The molecule has 0 aromatic rings. The van der Waals surface area contributed by atoms with Crippen molar-refractivity contribution in [1.29, 1.82) is 0 Å². The lowest BCUT2D eigenvalue weighted by Crippen LogP contribution is -2.22. The maximum absolute atomic E-state index is 11.6. The Kier molecular flexibility index (Phi) is 5.56. The summed E-state index contributed by atoms with van der Waals surface area (Å²) < 4.78 is 34.7. The van der Waals surface area contributed by atoms with Crippen LogP contribution in [-0.2, 0) is 0 Å². The highest BCUT2D eigenvalue weighted by molar-refractivity contribution is 4.95. The van der Waals surface area contributed by atoms with Gasteiger partial charge in [0.2, 0.25) is 0 Å². The van der Waals surface area contributed by atoms with Crippen molar-refractivity contribution < 1.29 is 13.2 Å². The van der Waals surface area contributed by atoms with Gasteiger partial charge >= 0.3 is 6.18 Å². The Balaban J connectivity index is 3.15. The summed E-state index contributed by atoms with van der Waals surface area (Å²) in [6, 6.07) is 0. The fraction of sp³-hybridized carbons (Fsp3) is 0.750. The van der Waals surface area contributed by atoms with E-state index in [1.165, 1.54) is 0 Å². The highest BCUT2D eigenvalue weighted by Crippen LogP contribution is 2.17. The van der Waals surface area contributed by atoms with Crippen LogP contribution in [0.25, 0.3) is 0 Å². The Morgan fingerprint density at radius 1 is 1.25 bits per heavy atom. The first-order chi connectivity index (χ1) is 5.56. The smallest absolute Gasteiger partial charge is 0.315 e. The van der Waals surface area contributed by atoms with Gasteiger partial charge in [-0.3, -0.25) is 0 Å². The molecule has 0 heterocycles. The van der Waals surface area contributed by atoms with E-state index in [4.69, 9.17) is 0 Å². The number of halogens is 3. The van der Waals surface area contributed by atoms with Crippen LogP contribution in [0.1, 0.15) is 19.8 Å². The molecule has 0 rings (SSSR count). The highest BCUT2D eigenvalue weighted by atomic mass is 19.4. The predicted molar refractivity (Wildman–Crippen MR) is 41.6 cm³/mol. The second-order valence-electron chi connectivity index (χ2n) is 2.29. The summed E-state index contributed by atoms with van der Waals surface area (Å²) in [6.07, 6.45) is -4.22. The van der Waals surface area contributed by atoms with Gasteiger partial charge in [0.15, 0.2) is 0 Å². The van der Waals surface area contributed by atoms with Gasteiger partial charge in [0, 0.05) is 19.5 Å². The molecule has 0 unspecified atom stereocenters. The molecule has 0 aliphatic carbocycles. The monoisotopic (exact) mass is 179 g/mol. The van der Waals surface area contributed by atoms with Gasteiger partial charge in [-0.25, -0.2) is 0 Å². The summed E-state index contributed by atoms with van der Waals surface area (Å²) in [4.78, 5) is 0. The van der Waals surface area contributed by atoms with Crippen LogP contribution < -0.4 is 5.32 Å². The summed E-state index contributed by atoms with van der Waals surface area (Å²) in [5.41, 5.74) is 0. The molecule has 0 fully saturated rings. The molecule has 70 valence electrons. The lowest BCUT2D eigenvalue weighted by molar-refractivity contribution is -0.133. The zero-order chi connectivity index (χ0) is 9.45. The van der Waals surface area contributed by atoms with Gasteiger partial charge in [0.05, 0.1) is 6.42 Å². The summed E-state index contributed by atoms with van der Waals surface area (Å²) in [7, 11) is 0. The van der Waals surface area contributed by atoms with E-state index < -0.39 is 12.6 Å². The van der Waals surface area contributed by atoms with Crippen molar-refractivity contribution in [3.63, 3.8) is 0 Å². The minimum Gasteiger partial charge on any atom is -0.315 e. The van der Waals surface area contributed by atoms with Gasteiger partial charge < -0.3 is 5.32 Å². The van der Waals surface area contributed by atoms with Crippen molar-refractivity contribution in [2.24, 2.45) is 0 Å². The highest BCUT2D eigenvalue weighted by Gasteiger charge is 2.25. The first kappa shape index (κ1) is 11.3. The lowest BCUT2D eigenvalue weighted by Gasteiger charge is -2.05. The lowest BCUT2D eigenvalue weighted by atomic mass is 10.4. The second-order valence-corrected chi connectivity index (χ2v) is 2.29. The standard InChI is InChI=1S/C8H12F3N/c1-2-3-4-6-12-7-5-8(9,10)11/h12H,4-7H2,1H3.